The normalized spacial score (nSPS) is 9.78. The first kappa shape index (κ1) is 18.0. The fourth-order valence-corrected chi connectivity index (χ4v) is 2.78. The molecule has 27 heavy (non-hydrogen) atoms. The van der Waals surface area contributed by atoms with Crippen molar-refractivity contribution in [2.75, 3.05) is 4.90 Å². The van der Waals surface area contributed by atoms with E-state index in [-0.39, 0.29) is 0 Å². The van der Waals surface area contributed by atoms with Crippen LogP contribution in [0.5, 0.6) is 0 Å². The molecule has 0 heterocycles. The Morgan fingerprint density at radius 2 is 1.07 bits per heavy atom. The summed E-state index contributed by atoms with van der Waals surface area (Å²) in [5, 5.41) is 0. The van der Waals surface area contributed by atoms with Crippen LogP contribution in [0.1, 0.15) is 11.1 Å². The first-order chi connectivity index (χ1) is 13.3. The van der Waals surface area contributed by atoms with Crippen molar-refractivity contribution in [2.45, 2.75) is 13.1 Å². The lowest BCUT2D eigenvalue weighted by Crippen LogP contribution is -2.21. The quantitative estimate of drug-likeness (QED) is 0.450. The zero-order valence-corrected chi connectivity index (χ0v) is 14.6. The van der Waals surface area contributed by atoms with Crippen LogP contribution in [0.15, 0.2) is 88.8 Å². The van der Waals surface area contributed by atoms with Gasteiger partial charge in [0, 0.05) is 18.8 Å². The number of hydrogen-bond acceptors (Lipinski definition) is 5. The Kier molecular flexibility index (Phi) is 6.05. The van der Waals surface area contributed by atoms with Gasteiger partial charge in [-0.1, -0.05) is 42.5 Å². The van der Waals surface area contributed by atoms with Gasteiger partial charge < -0.3 is 4.90 Å². The monoisotopic (exact) mass is 355 g/mol. The first-order valence-corrected chi connectivity index (χ1v) is 8.42. The number of rotatable bonds is 7. The minimum atomic E-state index is 0.589. The number of isocyanates is 2. The highest BCUT2D eigenvalue weighted by Crippen LogP contribution is 2.22. The second-order valence-corrected chi connectivity index (χ2v) is 5.93. The summed E-state index contributed by atoms with van der Waals surface area (Å²) in [7, 11) is 0. The van der Waals surface area contributed by atoms with Crippen LogP contribution in [-0.4, -0.2) is 12.2 Å². The largest absolute Gasteiger partial charge is 0.363 e. The summed E-state index contributed by atoms with van der Waals surface area (Å²) in [6.07, 6.45) is 3.10. The molecule has 0 spiro atoms. The van der Waals surface area contributed by atoms with Gasteiger partial charge in [-0.3, -0.25) is 0 Å². The molecule has 0 aromatic heterocycles. The van der Waals surface area contributed by atoms with Crippen LogP contribution >= 0.6 is 0 Å². The molecule has 0 N–H and O–H groups in total. The van der Waals surface area contributed by atoms with Crippen LogP contribution in [0.2, 0.25) is 0 Å². The standard InChI is InChI=1S/C22H17N3O2/c26-16-23-20-10-6-18(7-11-20)14-25(22-4-2-1-3-5-22)15-19-8-12-21(13-9-19)24-17-27/h1-13H,14-15H2. The van der Waals surface area contributed by atoms with Gasteiger partial charge in [0.1, 0.15) is 0 Å². The lowest BCUT2D eigenvalue weighted by Gasteiger charge is -2.25. The van der Waals surface area contributed by atoms with Crippen molar-refractivity contribution in [3.05, 3.63) is 90.0 Å². The van der Waals surface area contributed by atoms with Crippen molar-refractivity contribution in [3.8, 4) is 0 Å². The third-order valence-electron chi connectivity index (χ3n) is 4.09. The van der Waals surface area contributed by atoms with E-state index in [0.29, 0.717) is 24.5 Å². The van der Waals surface area contributed by atoms with Crippen molar-refractivity contribution in [1.29, 1.82) is 0 Å². The maximum atomic E-state index is 10.4. The average Bonchev–Trinajstić information content (AvgIpc) is 2.71. The summed E-state index contributed by atoms with van der Waals surface area (Å²) in [4.78, 5) is 30.2. The molecule has 5 heteroatoms. The van der Waals surface area contributed by atoms with E-state index < -0.39 is 0 Å². The van der Waals surface area contributed by atoms with Crippen LogP contribution in [0.3, 0.4) is 0 Å². The molecule has 5 nitrogen and oxygen atoms in total. The fourth-order valence-electron chi connectivity index (χ4n) is 2.78. The minimum absolute atomic E-state index is 0.589. The molecule has 132 valence electrons. The minimum Gasteiger partial charge on any atom is -0.363 e. The zero-order valence-electron chi connectivity index (χ0n) is 14.6. The Bertz CT molecular complexity index is 907. The van der Waals surface area contributed by atoms with Crippen molar-refractivity contribution < 1.29 is 9.59 Å². The predicted molar refractivity (Wildman–Crippen MR) is 105 cm³/mol. The molecule has 3 aromatic carbocycles. The summed E-state index contributed by atoms with van der Waals surface area (Å²) in [6.45, 7) is 1.40. The molecule has 0 saturated carbocycles. The van der Waals surface area contributed by atoms with Crippen molar-refractivity contribution in [1.82, 2.24) is 0 Å². The summed E-state index contributed by atoms with van der Waals surface area (Å²) in [6, 6.07) is 25.1. The number of para-hydroxylation sites is 1. The summed E-state index contributed by atoms with van der Waals surface area (Å²) < 4.78 is 0. The van der Waals surface area contributed by atoms with E-state index in [2.05, 4.69) is 27.0 Å². The van der Waals surface area contributed by atoms with E-state index in [9.17, 15) is 9.59 Å². The third kappa shape index (κ3) is 5.10. The topological polar surface area (TPSA) is 62.1 Å². The number of hydrogen-bond donors (Lipinski definition) is 0. The van der Waals surface area contributed by atoms with Gasteiger partial charge >= 0.3 is 0 Å². The van der Waals surface area contributed by atoms with Crippen LogP contribution in [0, 0.1) is 0 Å². The summed E-state index contributed by atoms with van der Waals surface area (Å²) in [5.41, 5.74) is 4.48. The Labute approximate surface area is 157 Å². The Morgan fingerprint density at radius 1 is 0.630 bits per heavy atom. The van der Waals surface area contributed by atoms with E-state index in [4.69, 9.17) is 0 Å². The van der Waals surface area contributed by atoms with Gasteiger partial charge in [-0.2, -0.15) is 9.98 Å². The second kappa shape index (κ2) is 9.07. The Hall–Kier alpha value is -3.78. The molecule has 0 fully saturated rings. The molecular weight excluding hydrogens is 338 g/mol. The molecule has 0 atom stereocenters. The Morgan fingerprint density at radius 3 is 1.48 bits per heavy atom. The molecule has 0 aliphatic carbocycles. The van der Waals surface area contributed by atoms with Crippen LogP contribution in [-0.2, 0) is 22.7 Å². The highest BCUT2D eigenvalue weighted by atomic mass is 16.1. The molecule has 0 unspecified atom stereocenters. The van der Waals surface area contributed by atoms with E-state index in [1.165, 1.54) is 0 Å². The number of nitrogens with zero attached hydrogens (tertiary/aromatic N) is 3. The van der Waals surface area contributed by atoms with Crippen molar-refractivity contribution in [2.24, 2.45) is 9.98 Å². The van der Waals surface area contributed by atoms with Crippen LogP contribution in [0.4, 0.5) is 17.1 Å². The summed E-state index contributed by atoms with van der Waals surface area (Å²) in [5.74, 6) is 0. The fraction of sp³-hybridized carbons (Fsp3) is 0.0909. The molecule has 0 aliphatic heterocycles. The second-order valence-electron chi connectivity index (χ2n) is 5.93. The lowest BCUT2D eigenvalue weighted by molar-refractivity contribution is 0.564. The van der Waals surface area contributed by atoms with E-state index in [0.717, 1.165) is 16.8 Å². The first-order valence-electron chi connectivity index (χ1n) is 8.42. The SMILES string of the molecule is O=C=Nc1ccc(CN(Cc2ccc(N=C=O)cc2)c2ccccc2)cc1. The average molecular weight is 355 g/mol. The van der Waals surface area contributed by atoms with Gasteiger partial charge in [0.15, 0.2) is 0 Å². The van der Waals surface area contributed by atoms with Gasteiger partial charge in [0.05, 0.1) is 11.4 Å². The summed E-state index contributed by atoms with van der Waals surface area (Å²) >= 11 is 0. The van der Waals surface area contributed by atoms with Crippen LogP contribution in [0.25, 0.3) is 0 Å². The van der Waals surface area contributed by atoms with Gasteiger partial charge in [-0.25, -0.2) is 9.59 Å². The van der Waals surface area contributed by atoms with Crippen molar-refractivity contribution in [3.63, 3.8) is 0 Å². The van der Waals surface area contributed by atoms with Gasteiger partial charge in [0.25, 0.3) is 0 Å². The number of benzene rings is 3. The molecule has 0 bridgehead atoms. The van der Waals surface area contributed by atoms with Crippen LogP contribution < -0.4 is 4.90 Å². The molecule has 3 aromatic rings. The maximum absolute atomic E-state index is 10.4. The zero-order chi connectivity index (χ0) is 18.9. The highest BCUT2D eigenvalue weighted by Gasteiger charge is 2.09. The number of aliphatic imine (C=N–C) groups is 2. The lowest BCUT2D eigenvalue weighted by atomic mass is 10.1. The van der Waals surface area contributed by atoms with E-state index >= 15 is 0 Å². The van der Waals surface area contributed by atoms with Gasteiger partial charge in [-0.15, -0.1) is 0 Å². The number of anilines is 1. The smallest absolute Gasteiger partial charge is 0.240 e. The molecule has 0 amide bonds. The molecule has 3 rings (SSSR count). The highest BCUT2D eigenvalue weighted by molar-refractivity contribution is 5.52. The molecular formula is C22H17N3O2. The van der Waals surface area contributed by atoms with Gasteiger partial charge in [0.2, 0.25) is 12.2 Å². The van der Waals surface area contributed by atoms with E-state index in [1.807, 2.05) is 42.5 Å². The maximum Gasteiger partial charge on any atom is 0.240 e. The molecule has 0 aliphatic rings. The molecule has 0 saturated heterocycles. The van der Waals surface area contributed by atoms with Gasteiger partial charge in [-0.05, 0) is 47.5 Å². The Balaban J connectivity index is 1.82. The molecule has 0 radical (unpaired) electrons. The van der Waals surface area contributed by atoms with Crippen molar-refractivity contribution >= 4 is 29.2 Å². The third-order valence-corrected chi connectivity index (χ3v) is 4.09. The van der Waals surface area contributed by atoms with E-state index in [1.54, 1.807) is 36.4 Å². The predicted octanol–water partition coefficient (Wildman–Crippen LogP) is 4.83. The number of carbonyl (C=O) groups excluding carboxylic acids is 2.